The van der Waals surface area contributed by atoms with Gasteiger partial charge in [-0.3, -0.25) is 10.1 Å². The molecule has 0 saturated carbocycles. The lowest BCUT2D eigenvalue weighted by Crippen LogP contribution is -2.24. The number of aryl methyl sites for hydroxylation is 1. The van der Waals surface area contributed by atoms with Gasteiger partial charge in [-0.25, -0.2) is 18.1 Å². The molecular weight excluding hydrogens is 374 g/mol. The Kier molecular flexibility index (Phi) is 5.12. The Bertz CT molecular complexity index is 1050. The summed E-state index contributed by atoms with van der Waals surface area (Å²) >= 11 is 1.42. The Morgan fingerprint density at radius 1 is 1.19 bits per heavy atom. The second-order valence-electron chi connectivity index (χ2n) is 5.54. The van der Waals surface area contributed by atoms with Gasteiger partial charge in [-0.05, 0) is 12.5 Å². The molecule has 0 spiro atoms. The number of nitrogens with zero attached hydrogens (tertiary/aromatic N) is 2. The lowest BCUT2D eigenvalue weighted by Gasteiger charge is -2.08. The first kappa shape index (κ1) is 18.2. The second kappa shape index (κ2) is 7.32. The quantitative estimate of drug-likeness (QED) is 0.513. The van der Waals surface area contributed by atoms with Crippen molar-refractivity contribution in [1.82, 2.24) is 9.71 Å². The van der Waals surface area contributed by atoms with Gasteiger partial charge in [-0.1, -0.05) is 36.4 Å². The van der Waals surface area contributed by atoms with E-state index in [4.69, 9.17) is 0 Å². The predicted octanol–water partition coefficient (Wildman–Crippen LogP) is 3.51. The fourth-order valence-corrected chi connectivity index (χ4v) is 4.43. The number of thiazole rings is 1. The van der Waals surface area contributed by atoms with Crippen LogP contribution in [0.15, 0.2) is 58.8 Å². The Balaban J connectivity index is 1.78. The molecule has 9 heteroatoms. The minimum absolute atomic E-state index is 0.00774. The summed E-state index contributed by atoms with van der Waals surface area (Å²) in [5.74, 6) is 0. The maximum Gasteiger partial charge on any atom is 0.270 e. The lowest BCUT2D eigenvalue weighted by atomic mass is 10.2. The molecule has 1 heterocycles. The highest BCUT2D eigenvalue weighted by molar-refractivity contribution is 7.89. The van der Waals surface area contributed by atoms with Crippen molar-refractivity contribution >= 4 is 27.0 Å². The summed E-state index contributed by atoms with van der Waals surface area (Å²) in [4.78, 5) is 14.6. The van der Waals surface area contributed by atoms with E-state index >= 15 is 0 Å². The first-order chi connectivity index (χ1) is 12.4. The molecule has 7 nitrogen and oxygen atoms in total. The summed E-state index contributed by atoms with van der Waals surface area (Å²) in [6, 6.07) is 13.3. The summed E-state index contributed by atoms with van der Waals surface area (Å²) < 4.78 is 27.5. The van der Waals surface area contributed by atoms with Gasteiger partial charge in [0.05, 0.1) is 22.1 Å². The van der Waals surface area contributed by atoms with Gasteiger partial charge < -0.3 is 0 Å². The van der Waals surface area contributed by atoms with E-state index in [1.165, 1.54) is 23.5 Å². The van der Waals surface area contributed by atoms with Crippen molar-refractivity contribution in [3.8, 4) is 10.6 Å². The first-order valence-corrected chi connectivity index (χ1v) is 9.97. The average Bonchev–Trinajstić information content (AvgIpc) is 3.10. The molecule has 3 rings (SSSR count). The van der Waals surface area contributed by atoms with E-state index in [2.05, 4.69) is 9.71 Å². The zero-order chi connectivity index (χ0) is 18.7. The molecule has 134 valence electrons. The molecular formula is C17H15N3O4S2. The van der Waals surface area contributed by atoms with Crippen molar-refractivity contribution in [3.05, 3.63) is 75.3 Å². The van der Waals surface area contributed by atoms with Crippen LogP contribution < -0.4 is 4.72 Å². The highest BCUT2D eigenvalue weighted by Crippen LogP contribution is 2.24. The summed E-state index contributed by atoms with van der Waals surface area (Å²) in [5, 5.41) is 13.5. The van der Waals surface area contributed by atoms with Crippen LogP contribution in [-0.2, 0) is 16.6 Å². The van der Waals surface area contributed by atoms with Gasteiger partial charge in [0.2, 0.25) is 10.0 Å². The number of sulfonamides is 1. The standard InChI is InChI=1S/C17H15N3O4S2/c1-12-7-8-15(20(21)22)9-16(12)26(23,24)18-10-14-11-25-17(19-14)13-5-3-2-4-6-13/h2-9,11,18H,10H2,1H3. The summed E-state index contributed by atoms with van der Waals surface area (Å²) in [5.41, 5.74) is 1.71. The van der Waals surface area contributed by atoms with Crippen LogP contribution in [0.25, 0.3) is 10.6 Å². The van der Waals surface area contributed by atoms with Crippen LogP contribution in [-0.4, -0.2) is 18.3 Å². The minimum atomic E-state index is -3.89. The third-order valence-electron chi connectivity index (χ3n) is 3.69. The van der Waals surface area contributed by atoms with E-state index in [0.717, 1.165) is 16.6 Å². The van der Waals surface area contributed by atoms with Crippen LogP contribution in [0.5, 0.6) is 0 Å². The molecule has 0 aliphatic heterocycles. The van der Waals surface area contributed by atoms with Crippen molar-refractivity contribution in [2.24, 2.45) is 0 Å². The van der Waals surface area contributed by atoms with Gasteiger partial charge >= 0.3 is 0 Å². The Labute approximate surface area is 154 Å². The smallest absolute Gasteiger partial charge is 0.258 e. The molecule has 2 aromatic carbocycles. The van der Waals surface area contributed by atoms with Crippen LogP contribution in [0.1, 0.15) is 11.3 Å². The Morgan fingerprint density at radius 2 is 1.92 bits per heavy atom. The van der Waals surface area contributed by atoms with E-state index in [1.54, 1.807) is 12.3 Å². The SMILES string of the molecule is Cc1ccc([N+](=O)[O-])cc1S(=O)(=O)NCc1csc(-c2ccccc2)n1. The van der Waals surface area contributed by atoms with Crippen molar-refractivity contribution in [3.63, 3.8) is 0 Å². The van der Waals surface area contributed by atoms with Crippen LogP contribution in [0, 0.1) is 17.0 Å². The van der Waals surface area contributed by atoms with Crippen LogP contribution in [0.4, 0.5) is 5.69 Å². The van der Waals surface area contributed by atoms with Crippen LogP contribution >= 0.6 is 11.3 Å². The number of non-ortho nitro benzene ring substituents is 1. The number of hydrogen-bond donors (Lipinski definition) is 1. The van der Waals surface area contributed by atoms with Crippen molar-refractivity contribution in [2.45, 2.75) is 18.4 Å². The monoisotopic (exact) mass is 389 g/mol. The maximum atomic E-state index is 12.5. The number of nitrogens with one attached hydrogen (secondary N) is 1. The second-order valence-corrected chi connectivity index (χ2v) is 8.13. The highest BCUT2D eigenvalue weighted by atomic mass is 32.2. The molecule has 0 radical (unpaired) electrons. The van der Waals surface area contributed by atoms with E-state index in [9.17, 15) is 18.5 Å². The molecule has 26 heavy (non-hydrogen) atoms. The van der Waals surface area contributed by atoms with Gasteiger partial charge in [-0.15, -0.1) is 11.3 Å². The molecule has 1 N–H and O–H groups in total. The summed E-state index contributed by atoms with van der Waals surface area (Å²) in [6.07, 6.45) is 0. The normalized spacial score (nSPS) is 11.4. The van der Waals surface area contributed by atoms with Crippen LogP contribution in [0.3, 0.4) is 0 Å². The van der Waals surface area contributed by atoms with E-state index < -0.39 is 14.9 Å². The fraction of sp³-hybridized carbons (Fsp3) is 0.118. The van der Waals surface area contributed by atoms with Crippen LogP contribution in [0.2, 0.25) is 0 Å². The number of nitro groups is 1. The lowest BCUT2D eigenvalue weighted by molar-refractivity contribution is -0.385. The van der Waals surface area contributed by atoms with Crippen molar-refractivity contribution < 1.29 is 13.3 Å². The molecule has 1 aromatic heterocycles. The fourth-order valence-electron chi connectivity index (χ4n) is 2.34. The van der Waals surface area contributed by atoms with Crippen molar-refractivity contribution in [1.29, 1.82) is 0 Å². The molecule has 0 saturated heterocycles. The summed E-state index contributed by atoms with van der Waals surface area (Å²) in [6.45, 7) is 1.60. The van der Waals surface area contributed by atoms with E-state index in [0.29, 0.717) is 11.3 Å². The largest absolute Gasteiger partial charge is 0.270 e. The van der Waals surface area contributed by atoms with Gasteiger partial charge in [0.1, 0.15) is 5.01 Å². The first-order valence-electron chi connectivity index (χ1n) is 7.61. The zero-order valence-electron chi connectivity index (χ0n) is 13.7. The van der Waals surface area contributed by atoms with E-state index in [1.807, 2.05) is 30.3 Å². The molecule has 0 bridgehead atoms. The predicted molar refractivity (Wildman–Crippen MR) is 99.4 cm³/mol. The third-order valence-corrected chi connectivity index (χ3v) is 6.17. The molecule has 3 aromatic rings. The molecule has 0 amide bonds. The number of aromatic nitrogens is 1. The van der Waals surface area contributed by atoms with Gasteiger partial charge in [0.25, 0.3) is 5.69 Å². The Morgan fingerprint density at radius 3 is 2.62 bits per heavy atom. The Hall–Kier alpha value is -2.62. The van der Waals surface area contributed by atoms with Gasteiger partial charge in [0, 0.05) is 23.1 Å². The number of nitro benzene ring substituents is 1. The summed E-state index contributed by atoms with van der Waals surface area (Å²) in [7, 11) is -3.89. The topological polar surface area (TPSA) is 102 Å². The van der Waals surface area contributed by atoms with Gasteiger partial charge in [0.15, 0.2) is 0 Å². The average molecular weight is 389 g/mol. The zero-order valence-corrected chi connectivity index (χ0v) is 15.4. The highest BCUT2D eigenvalue weighted by Gasteiger charge is 2.20. The molecule has 0 aliphatic rings. The third kappa shape index (κ3) is 3.96. The minimum Gasteiger partial charge on any atom is -0.258 e. The van der Waals surface area contributed by atoms with Crippen molar-refractivity contribution in [2.75, 3.05) is 0 Å². The molecule has 0 aliphatic carbocycles. The number of hydrogen-bond acceptors (Lipinski definition) is 6. The maximum absolute atomic E-state index is 12.5. The molecule has 0 fully saturated rings. The number of benzene rings is 2. The van der Waals surface area contributed by atoms with Gasteiger partial charge in [-0.2, -0.15) is 0 Å². The van der Waals surface area contributed by atoms with E-state index in [-0.39, 0.29) is 17.1 Å². The molecule has 0 atom stereocenters. The number of rotatable bonds is 6. The molecule has 0 unspecified atom stereocenters.